The average Bonchev–Trinajstić information content (AvgIpc) is 2.69. The number of thiophene rings is 1. The van der Waals surface area contributed by atoms with Crippen molar-refractivity contribution in [2.75, 3.05) is 20.1 Å². The van der Waals surface area contributed by atoms with E-state index in [2.05, 4.69) is 34.5 Å². The van der Waals surface area contributed by atoms with Crippen molar-refractivity contribution in [2.45, 2.75) is 12.2 Å². The van der Waals surface area contributed by atoms with Gasteiger partial charge in [-0.2, -0.15) is 0 Å². The van der Waals surface area contributed by atoms with Crippen molar-refractivity contribution in [3.05, 3.63) is 22.4 Å². The van der Waals surface area contributed by atoms with E-state index in [1.165, 1.54) is 16.5 Å². The first-order valence-electron chi connectivity index (χ1n) is 4.77. The average molecular weight is 226 g/mol. The number of thioether (sulfide) groups is 1. The monoisotopic (exact) mass is 226 g/mol. The Morgan fingerprint density at radius 3 is 3.29 bits per heavy atom. The van der Waals surface area contributed by atoms with Gasteiger partial charge in [0.1, 0.15) is 0 Å². The predicted molar refractivity (Wildman–Crippen MR) is 65.2 cm³/mol. The quantitative estimate of drug-likeness (QED) is 0.770. The predicted octanol–water partition coefficient (Wildman–Crippen LogP) is 2.67. The molecule has 0 aromatic carbocycles. The van der Waals surface area contributed by atoms with Crippen LogP contribution in [0.2, 0.25) is 0 Å². The van der Waals surface area contributed by atoms with Crippen molar-refractivity contribution < 1.29 is 0 Å². The number of amidine groups is 1. The third-order valence-corrected chi connectivity index (χ3v) is 4.36. The van der Waals surface area contributed by atoms with Crippen LogP contribution >= 0.6 is 23.1 Å². The highest BCUT2D eigenvalue weighted by Gasteiger charge is 2.11. The fourth-order valence-electron chi connectivity index (χ4n) is 1.39. The Morgan fingerprint density at radius 2 is 2.57 bits per heavy atom. The molecule has 4 heteroatoms. The van der Waals surface area contributed by atoms with Crippen LogP contribution in [0.1, 0.15) is 11.3 Å². The molecule has 2 rings (SSSR count). The van der Waals surface area contributed by atoms with E-state index >= 15 is 0 Å². The molecule has 14 heavy (non-hydrogen) atoms. The minimum atomic E-state index is 0.997. The van der Waals surface area contributed by atoms with Crippen molar-refractivity contribution in [1.29, 1.82) is 0 Å². The molecular formula is C10H14N2S2. The highest BCUT2D eigenvalue weighted by atomic mass is 32.2. The minimum Gasteiger partial charge on any atom is -0.354 e. The van der Waals surface area contributed by atoms with Gasteiger partial charge in [-0.05, 0) is 17.9 Å². The summed E-state index contributed by atoms with van der Waals surface area (Å²) in [5, 5.41) is 3.33. The maximum Gasteiger partial charge on any atom is 0.159 e. The fourth-order valence-corrected chi connectivity index (χ4v) is 3.18. The summed E-state index contributed by atoms with van der Waals surface area (Å²) in [6.45, 7) is 2.15. The van der Waals surface area contributed by atoms with Gasteiger partial charge in [0, 0.05) is 30.8 Å². The smallest absolute Gasteiger partial charge is 0.159 e. The zero-order chi connectivity index (χ0) is 9.80. The van der Waals surface area contributed by atoms with Gasteiger partial charge >= 0.3 is 0 Å². The van der Waals surface area contributed by atoms with Crippen LogP contribution in [-0.2, 0) is 5.75 Å². The first-order valence-corrected chi connectivity index (χ1v) is 6.63. The Bertz CT molecular complexity index is 306. The minimum absolute atomic E-state index is 0.997. The molecule has 2 nitrogen and oxygen atoms in total. The molecule has 0 fully saturated rings. The van der Waals surface area contributed by atoms with Crippen LogP contribution in [0.25, 0.3) is 0 Å². The van der Waals surface area contributed by atoms with Crippen molar-refractivity contribution in [1.82, 2.24) is 4.90 Å². The van der Waals surface area contributed by atoms with Crippen LogP contribution in [0.3, 0.4) is 0 Å². The summed E-state index contributed by atoms with van der Waals surface area (Å²) in [6, 6.07) is 4.29. The van der Waals surface area contributed by atoms with Gasteiger partial charge in [0.05, 0.1) is 0 Å². The molecule has 0 spiro atoms. The Morgan fingerprint density at radius 1 is 1.64 bits per heavy atom. The standard InChI is InChI=1S/C10H14N2S2/c1-12-6-3-5-11-10(12)14-8-9-4-2-7-13-9/h2,4,7H,3,5-6,8H2,1H3. The molecule has 0 unspecified atom stereocenters. The van der Waals surface area contributed by atoms with E-state index in [1.54, 1.807) is 0 Å². The van der Waals surface area contributed by atoms with Crippen LogP contribution in [0.15, 0.2) is 22.5 Å². The Kier molecular flexibility index (Phi) is 3.48. The second kappa shape index (κ2) is 4.84. The van der Waals surface area contributed by atoms with Crippen LogP contribution in [0, 0.1) is 0 Å². The van der Waals surface area contributed by atoms with E-state index in [0.29, 0.717) is 0 Å². The zero-order valence-corrected chi connectivity index (χ0v) is 9.90. The van der Waals surface area contributed by atoms with E-state index in [4.69, 9.17) is 0 Å². The summed E-state index contributed by atoms with van der Waals surface area (Å²) in [5.74, 6) is 1.06. The topological polar surface area (TPSA) is 15.6 Å². The largest absolute Gasteiger partial charge is 0.354 e. The van der Waals surface area contributed by atoms with Crippen molar-refractivity contribution in [2.24, 2.45) is 4.99 Å². The van der Waals surface area contributed by atoms with Crippen LogP contribution in [0.4, 0.5) is 0 Å². The lowest BCUT2D eigenvalue weighted by molar-refractivity contribution is 0.477. The molecule has 0 saturated carbocycles. The summed E-state index contributed by atoms with van der Waals surface area (Å²) < 4.78 is 0. The van der Waals surface area contributed by atoms with E-state index in [9.17, 15) is 0 Å². The summed E-state index contributed by atoms with van der Waals surface area (Å²) in [6.07, 6.45) is 1.19. The normalized spacial score (nSPS) is 16.9. The van der Waals surface area contributed by atoms with Gasteiger partial charge < -0.3 is 4.90 Å². The molecule has 76 valence electrons. The lowest BCUT2D eigenvalue weighted by atomic mass is 10.4. The molecule has 0 aliphatic carbocycles. The summed E-state index contributed by atoms with van der Waals surface area (Å²) >= 11 is 3.67. The fraction of sp³-hybridized carbons (Fsp3) is 0.500. The Labute approximate surface area is 93.0 Å². The Balaban J connectivity index is 1.88. The maximum atomic E-state index is 4.52. The molecule has 1 aliphatic heterocycles. The van der Waals surface area contributed by atoms with Crippen LogP contribution in [0.5, 0.6) is 0 Å². The van der Waals surface area contributed by atoms with Gasteiger partial charge in [0.2, 0.25) is 0 Å². The van der Waals surface area contributed by atoms with Crippen LogP contribution < -0.4 is 0 Å². The molecule has 2 heterocycles. The summed E-state index contributed by atoms with van der Waals surface area (Å²) in [7, 11) is 2.12. The van der Waals surface area contributed by atoms with E-state index < -0.39 is 0 Å². The molecule has 0 radical (unpaired) electrons. The van der Waals surface area contributed by atoms with Gasteiger partial charge in [0.15, 0.2) is 5.17 Å². The van der Waals surface area contributed by atoms with Gasteiger partial charge in [-0.25, -0.2) is 0 Å². The van der Waals surface area contributed by atoms with Crippen LogP contribution in [-0.4, -0.2) is 30.2 Å². The third kappa shape index (κ3) is 2.51. The molecule has 1 aromatic heterocycles. The number of aliphatic imine (C=N–C) groups is 1. The second-order valence-electron chi connectivity index (χ2n) is 3.31. The Hall–Kier alpha value is -0.480. The molecule has 0 bridgehead atoms. The number of hydrogen-bond acceptors (Lipinski definition) is 4. The zero-order valence-electron chi connectivity index (χ0n) is 8.27. The highest BCUT2D eigenvalue weighted by Crippen LogP contribution is 2.20. The first kappa shape index (κ1) is 10.1. The van der Waals surface area contributed by atoms with E-state index in [0.717, 1.165) is 18.8 Å². The number of hydrogen-bond donors (Lipinski definition) is 0. The first-order chi connectivity index (χ1) is 6.86. The summed E-state index contributed by atoms with van der Waals surface area (Å²) in [5.41, 5.74) is 0. The number of rotatable bonds is 2. The molecule has 0 saturated heterocycles. The van der Waals surface area contributed by atoms with Crippen molar-refractivity contribution in [3.8, 4) is 0 Å². The molecule has 0 atom stereocenters. The molecule has 0 N–H and O–H groups in total. The van der Waals surface area contributed by atoms with Gasteiger partial charge in [0.25, 0.3) is 0 Å². The third-order valence-electron chi connectivity index (χ3n) is 2.15. The molecule has 1 aliphatic rings. The van der Waals surface area contributed by atoms with Crippen molar-refractivity contribution in [3.63, 3.8) is 0 Å². The maximum absolute atomic E-state index is 4.52. The lowest BCUT2D eigenvalue weighted by Crippen LogP contribution is -2.29. The molecule has 0 amide bonds. The SMILES string of the molecule is CN1CCCN=C1SCc1cccs1. The second-order valence-corrected chi connectivity index (χ2v) is 5.28. The summed E-state index contributed by atoms with van der Waals surface area (Å²) in [4.78, 5) is 8.20. The van der Waals surface area contributed by atoms with E-state index in [1.807, 2.05) is 23.1 Å². The lowest BCUT2D eigenvalue weighted by Gasteiger charge is -2.24. The molecule has 1 aromatic rings. The van der Waals surface area contributed by atoms with E-state index in [-0.39, 0.29) is 0 Å². The number of nitrogens with zero attached hydrogens (tertiary/aromatic N) is 2. The van der Waals surface area contributed by atoms with Crippen molar-refractivity contribution >= 4 is 28.3 Å². The molecular weight excluding hydrogens is 212 g/mol. The van der Waals surface area contributed by atoms with Gasteiger partial charge in [-0.1, -0.05) is 17.8 Å². The van der Waals surface area contributed by atoms with Gasteiger partial charge in [-0.15, -0.1) is 11.3 Å². The van der Waals surface area contributed by atoms with Gasteiger partial charge in [-0.3, -0.25) is 4.99 Å². The highest BCUT2D eigenvalue weighted by molar-refractivity contribution is 8.13.